The van der Waals surface area contributed by atoms with Gasteiger partial charge in [0.2, 0.25) is 0 Å². The average molecular weight is 628 g/mol. The third kappa shape index (κ3) is 4.44. The van der Waals surface area contributed by atoms with Gasteiger partial charge in [0.15, 0.2) is 5.58 Å². The number of fused-ring (bicyclic) bond motifs is 8. The topological polar surface area (TPSA) is 29.5 Å². The van der Waals surface area contributed by atoms with Crippen molar-refractivity contribution in [2.75, 3.05) is 4.90 Å². The number of hydrogen-bond donors (Lipinski definition) is 0. The standard InChI is InChI=1S/C46H29NO2/c1-3-12-31(13-4-1)40-29-44-45(37-18-8-7-16-35(37)40)39-27-24-32(28-43(39)48-44)30-22-25-34(26-23-30)47(33-14-5-2-6-15-33)41-20-11-19-38-36-17-9-10-21-42(36)49-46(38)41/h1-29H. The van der Waals surface area contributed by atoms with Crippen LogP contribution in [-0.2, 0) is 0 Å². The Morgan fingerprint density at radius 1 is 0.347 bits per heavy atom. The van der Waals surface area contributed by atoms with Gasteiger partial charge in [-0.05, 0) is 87.6 Å². The lowest BCUT2D eigenvalue weighted by atomic mass is 9.94. The number of benzene rings is 8. The second-order valence-corrected chi connectivity index (χ2v) is 12.5. The van der Waals surface area contributed by atoms with E-state index >= 15 is 0 Å². The van der Waals surface area contributed by atoms with Crippen molar-refractivity contribution < 1.29 is 8.83 Å². The molecule has 3 heteroatoms. The minimum Gasteiger partial charge on any atom is -0.456 e. The van der Waals surface area contributed by atoms with Crippen molar-refractivity contribution in [3.8, 4) is 22.3 Å². The lowest BCUT2D eigenvalue weighted by Crippen LogP contribution is -2.10. The second-order valence-electron chi connectivity index (χ2n) is 12.5. The summed E-state index contributed by atoms with van der Waals surface area (Å²) in [6, 6.07) is 61.8. The number of furan rings is 2. The van der Waals surface area contributed by atoms with Crippen molar-refractivity contribution in [1.82, 2.24) is 0 Å². The van der Waals surface area contributed by atoms with Gasteiger partial charge in [0, 0.05) is 32.9 Å². The van der Waals surface area contributed by atoms with Crippen molar-refractivity contribution >= 4 is 71.7 Å². The molecule has 3 nitrogen and oxygen atoms in total. The maximum Gasteiger partial charge on any atom is 0.159 e. The molecule has 0 unspecified atom stereocenters. The second kappa shape index (κ2) is 11.0. The molecule has 49 heavy (non-hydrogen) atoms. The number of para-hydroxylation sites is 3. The molecule has 0 aliphatic carbocycles. The summed E-state index contributed by atoms with van der Waals surface area (Å²) in [4.78, 5) is 2.27. The quantitative estimate of drug-likeness (QED) is 0.190. The van der Waals surface area contributed by atoms with E-state index in [1.807, 2.05) is 18.2 Å². The molecule has 0 bridgehead atoms. The third-order valence-corrected chi connectivity index (χ3v) is 9.66. The van der Waals surface area contributed by atoms with Gasteiger partial charge in [-0.1, -0.05) is 121 Å². The molecule has 0 saturated heterocycles. The van der Waals surface area contributed by atoms with Gasteiger partial charge < -0.3 is 13.7 Å². The lowest BCUT2D eigenvalue weighted by molar-refractivity contribution is 0.669. The predicted molar refractivity (Wildman–Crippen MR) is 204 cm³/mol. The summed E-state index contributed by atoms with van der Waals surface area (Å²) < 4.78 is 13.1. The Morgan fingerprint density at radius 2 is 1.00 bits per heavy atom. The summed E-state index contributed by atoms with van der Waals surface area (Å²) in [5.41, 5.74) is 11.2. The van der Waals surface area contributed by atoms with Crippen LogP contribution >= 0.6 is 0 Å². The fraction of sp³-hybridized carbons (Fsp3) is 0. The monoisotopic (exact) mass is 627 g/mol. The first-order chi connectivity index (χ1) is 24.3. The van der Waals surface area contributed by atoms with E-state index in [0.717, 1.165) is 72.1 Å². The third-order valence-electron chi connectivity index (χ3n) is 9.66. The highest BCUT2D eigenvalue weighted by molar-refractivity contribution is 6.22. The highest BCUT2D eigenvalue weighted by Gasteiger charge is 2.20. The van der Waals surface area contributed by atoms with E-state index in [0.29, 0.717) is 0 Å². The van der Waals surface area contributed by atoms with Crippen LogP contribution < -0.4 is 4.90 Å². The number of hydrogen-bond acceptors (Lipinski definition) is 3. The first-order valence-electron chi connectivity index (χ1n) is 16.6. The zero-order chi connectivity index (χ0) is 32.3. The summed E-state index contributed by atoms with van der Waals surface area (Å²) in [5, 5.41) is 6.94. The van der Waals surface area contributed by atoms with Crippen LogP contribution in [-0.4, -0.2) is 0 Å². The molecule has 0 spiro atoms. The summed E-state index contributed by atoms with van der Waals surface area (Å²) in [6.45, 7) is 0. The van der Waals surface area contributed by atoms with Crippen LogP contribution in [0.3, 0.4) is 0 Å². The summed E-state index contributed by atoms with van der Waals surface area (Å²) in [5.74, 6) is 0. The molecular weight excluding hydrogens is 599 g/mol. The molecule has 2 heterocycles. The lowest BCUT2D eigenvalue weighted by Gasteiger charge is -2.25. The van der Waals surface area contributed by atoms with Crippen molar-refractivity contribution in [3.63, 3.8) is 0 Å². The van der Waals surface area contributed by atoms with Gasteiger partial charge in [-0.25, -0.2) is 0 Å². The molecule has 0 saturated carbocycles. The molecule has 0 aliphatic heterocycles. The Kier molecular flexibility index (Phi) is 6.18. The molecule has 0 aliphatic rings. The Balaban J connectivity index is 1.08. The SMILES string of the molecule is c1ccc(-c2cc3oc4cc(-c5ccc(N(c6ccccc6)c6cccc7c6oc6ccccc67)cc5)ccc4c3c3ccccc23)cc1. The van der Waals surface area contributed by atoms with Crippen molar-refractivity contribution in [3.05, 3.63) is 176 Å². The fourth-order valence-electron chi connectivity index (χ4n) is 7.39. The molecule has 230 valence electrons. The van der Waals surface area contributed by atoms with Gasteiger partial charge in [0.25, 0.3) is 0 Å². The van der Waals surface area contributed by atoms with E-state index in [1.165, 1.54) is 21.9 Å². The molecule has 0 atom stereocenters. The summed E-state index contributed by atoms with van der Waals surface area (Å²) >= 11 is 0. The van der Waals surface area contributed by atoms with Crippen LogP contribution in [0.1, 0.15) is 0 Å². The number of rotatable bonds is 5. The van der Waals surface area contributed by atoms with Gasteiger partial charge in [-0.2, -0.15) is 0 Å². The normalized spacial score (nSPS) is 11.7. The first-order valence-corrected chi connectivity index (χ1v) is 16.6. The fourth-order valence-corrected chi connectivity index (χ4v) is 7.39. The number of anilines is 3. The van der Waals surface area contributed by atoms with Crippen molar-refractivity contribution in [2.45, 2.75) is 0 Å². The molecule has 2 aromatic heterocycles. The molecule has 10 rings (SSSR count). The number of nitrogens with zero attached hydrogens (tertiary/aromatic N) is 1. The minimum atomic E-state index is 0.870. The van der Waals surface area contributed by atoms with E-state index in [2.05, 4.69) is 163 Å². The molecule has 0 N–H and O–H groups in total. The zero-order valence-corrected chi connectivity index (χ0v) is 26.5. The molecular formula is C46H29NO2. The van der Waals surface area contributed by atoms with Crippen LogP contribution in [0.15, 0.2) is 185 Å². The van der Waals surface area contributed by atoms with Crippen molar-refractivity contribution in [2.24, 2.45) is 0 Å². The largest absolute Gasteiger partial charge is 0.456 e. The van der Waals surface area contributed by atoms with Gasteiger partial charge in [-0.15, -0.1) is 0 Å². The highest BCUT2D eigenvalue weighted by atomic mass is 16.3. The summed E-state index contributed by atoms with van der Waals surface area (Å²) in [7, 11) is 0. The average Bonchev–Trinajstić information content (AvgIpc) is 3.74. The van der Waals surface area contributed by atoms with Crippen LogP contribution in [0.25, 0.3) is 76.9 Å². The molecule has 0 amide bonds. The van der Waals surface area contributed by atoms with Crippen molar-refractivity contribution in [1.29, 1.82) is 0 Å². The molecule has 0 radical (unpaired) electrons. The van der Waals surface area contributed by atoms with Crippen LogP contribution in [0, 0.1) is 0 Å². The zero-order valence-electron chi connectivity index (χ0n) is 26.5. The van der Waals surface area contributed by atoms with Crippen LogP contribution in [0.2, 0.25) is 0 Å². The molecule has 0 fully saturated rings. The van der Waals surface area contributed by atoms with Gasteiger partial charge in [0.05, 0.1) is 5.69 Å². The van der Waals surface area contributed by atoms with E-state index in [1.54, 1.807) is 0 Å². The van der Waals surface area contributed by atoms with Gasteiger partial charge in [-0.3, -0.25) is 0 Å². The Hall–Kier alpha value is -6.58. The smallest absolute Gasteiger partial charge is 0.159 e. The highest BCUT2D eigenvalue weighted by Crippen LogP contribution is 2.44. The Labute approximate surface area is 282 Å². The van der Waals surface area contributed by atoms with E-state index in [9.17, 15) is 0 Å². The van der Waals surface area contributed by atoms with E-state index in [4.69, 9.17) is 8.83 Å². The Bertz CT molecular complexity index is 2810. The first kappa shape index (κ1) is 27.5. The Morgan fingerprint density at radius 3 is 1.82 bits per heavy atom. The van der Waals surface area contributed by atoms with Gasteiger partial charge in [0.1, 0.15) is 16.7 Å². The molecule has 10 aromatic rings. The minimum absolute atomic E-state index is 0.870. The summed E-state index contributed by atoms with van der Waals surface area (Å²) in [6.07, 6.45) is 0. The maximum atomic E-state index is 6.61. The van der Waals surface area contributed by atoms with Crippen LogP contribution in [0.5, 0.6) is 0 Å². The van der Waals surface area contributed by atoms with Crippen LogP contribution in [0.4, 0.5) is 17.1 Å². The molecule has 8 aromatic carbocycles. The van der Waals surface area contributed by atoms with E-state index in [-0.39, 0.29) is 0 Å². The van der Waals surface area contributed by atoms with E-state index < -0.39 is 0 Å². The predicted octanol–water partition coefficient (Wildman–Crippen LogP) is 13.4. The maximum absolute atomic E-state index is 6.61. The van der Waals surface area contributed by atoms with Gasteiger partial charge >= 0.3 is 0 Å².